The van der Waals surface area contributed by atoms with Crippen molar-refractivity contribution in [2.75, 3.05) is 38.7 Å². The van der Waals surface area contributed by atoms with Crippen molar-refractivity contribution >= 4 is 17.7 Å². The first-order valence-electron chi connectivity index (χ1n) is 7.71. The van der Waals surface area contributed by atoms with Gasteiger partial charge in [-0.3, -0.25) is 4.79 Å². The third-order valence-corrected chi connectivity index (χ3v) is 3.86. The van der Waals surface area contributed by atoms with Crippen molar-refractivity contribution in [1.29, 1.82) is 0 Å². The van der Waals surface area contributed by atoms with Crippen LogP contribution in [0.2, 0.25) is 0 Å². The second kappa shape index (κ2) is 8.49. The summed E-state index contributed by atoms with van der Waals surface area (Å²) in [7, 11) is 1.54. The van der Waals surface area contributed by atoms with Gasteiger partial charge in [0.2, 0.25) is 0 Å². The molecular weight excluding hydrogens is 319 g/mol. The zero-order chi connectivity index (χ0) is 17.5. The van der Waals surface area contributed by atoms with Gasteiger partial charge in [0.25, 0.3) is 0 Å². The SMILES string of the molecule is COCCOc1ccc(F)cc1NC(=O)N1CCC(C(=O)O)CC1. The zero-order valence-electron chi connectivity index (χ0n) is 13.5. The van der Waals surface area contributed by atoms with Gasteiger partial charge in [0.05, 0.1) is 18.2 Å². The highest BCUT2D eigenvalue weighted by Gasteiger charge is 2.27. The fourth-order valence-electron chi connectivity index (χ4n) is 2.48. The van der Waals surface area contributed by atoms with Gasteiger partial charge in [0.15, 0.2) is 0 Å². The van der Waals surface area contributed by atoms with E-state index < -0.39 is 23.7 Å². The van der Waals surface area contributed by atoms with E-state index in [1.54, 1.807) is 0 Å². The molecule has 0 unspecified atom stereocenters. The second-order valence-corrected chi connectivity index (χ2v) is 5.51. The van der Waals surface area contributed by atoms with Crippen LogP contribution in [0.25, 0.3) is 0 Å². The van der Waals surface area contributed by atoms with Gasteiger partial charge >= 0.3 is 12.0 Å². The molecule has 0 radical (unpaired) electrons. The molecule has 0 spiro atoms. The fourth-order valence-corrected chi connectivity index (χ4v) is 2.48. The Morgan fingerprint density at radius 3 is 2.67 bits per heavy atom. The average Bonchev–Trinajstić information content (AvgIpc) is 2.57. The van der Waals surface area contributed by atoms with Crippen molar-refractivity contribution in [1.82, 2.24) is 4.90 Å². The first kappa shape index (κ1) is 18.0. The molecule has 0 atom stereocenters. The van der Waals surface area contributed by atoms with Crippen LogP contribution in [0, 0.1) is 11.7 Å². The third-order valence-electron chi connectivity index (χ3n) is 3.86. The Morgan fingerprint density at radius 2 is 2.04 bits per heavy atom. The van der Waals surface area contributed by atoms with Crippen LogP contribution in [0.3, 0.4) is 0 Å². The van der Waals surface area contributed by atoms with Crippen LogP contribution in [-0.2, 0) is 9.53 Å². The highest BCUT2D eigenvalue weighted by molar-refractivity contribution is 5.91. The number of piperidine rings is 1. The van der Waals surface area contributed by atoms with E-state index in [-0.39, 0.29) is 12.3 Å². The molecule has 0 bridgehead atoms. The number of carboxylic acid groups (broad SMARTS) is 1. The molecule has 0 saturated carbocycles. The van der Waals surface area contributed by atoms with Crippen molar-refractivity contribution in [3.63, 3.8) is 0 Å². The summed E-state index contributed by atoms with van der Waals surface area (Å²) in [4.78, 5) is 24.8. The monoisotopic (exact) mass is 340 g/mol. The summed E-state index contributed by atoms with van der Waals surface area (Å²) in [5.74, 6) is -1.40. The maximum atomic E-state index is 13.5. The van der Waals surface area contributed by atoms with Crippen molar-refractivity contribution < 1.29 is 28.6 Å². The first-order valence-corrected chi connectivity index (χ1v) is 7.71. The Kier molecular flexibility index (Phi) is 6.36. The van der Waals surface area contributed by atoms with E-state index in [1.807, 2.05) is 0 Å². The van der Waals surface area contributed by atoms with Crippen LogP contribution >= 0.6 is 0 Å². The Balaban J connectivity index is 1.98. The smallest absolute Gasteiger partial charge is 0.321 e. The van der Waals surface area contributed by atoms with Crippen LogP contribution in [0.4, 0.5) is 14.9 Å². The molecule has 1 aromatic carbocycles. The lowest BCUT2D eigenvalue weighted by Gasteiger charge is -2.30. The minimum Gasteiger partial charge on any atom is -0.489 e. The molecule has 1 aromatic rings. The summed E-state index contributed by atoms with van der Waals surface area (Å²) in [5.41, 5.74) is 0.233. The number of amides is 2. The minimum atomic E-state index is -0.839. The van der Waals surface area contributed by atoms with Gasteiger partial charge in [0, 0.05) is 26.3 Å². The van der Waals surface area contributed by atoms with Gasteiger partial charge in [-0.05, 0) is 25.0 Å². The largest absolute Gasteiger partial charge is 0.489 e. The lowest BCUT2D eigenvalue weighted by Crippen LogP contribution is -2.42. The van der Waals surface area contributed by atoms with Gasteiger partial charge < -0.3 is 24.8 Å². The lowest BCUT2D eigenvalue weighted by atomic mass is 9.97. The van der Waals surface area contributed by atoms with Gasteiger partial charge in [-0.2, -0.15) is 0 Å². The number of urea groups is 1. The Morgan fingerprint density at radius 1 is 1.33 bits per heavy atom. The summed E-state index contributed by atoms with van der Waals surface area (Å²) in [5, 5.41) is 11.6. The van der Waals surface area contributed by atoms with E-state index >= 15 is 0 Å². The van der Waals surface area contributed by atoms with Gasteiger partial charge in [-0.25, -0.2) is 9.18 Å². The number of nitrogens with one attached hydrogen (secondary N) is 1. The number of carbonyl (C=O) groups is 2. The number of anilines is 1. The maximum absolute atomic E-state index is 13.5. The van der Waals surface area contributed by atoms with Crippen molar-refractivity contribution in [2.24, 2.45) is 5.92 Å². The molecule has 0 aliphatic carbocycles. The summed E-state index contributed by atoms with van der Waals surface area (Å²) in [6.45, 7) is 1.33. The number of benzene rings is 1. The number of hydrogen-bond acceptors (Lipinski definition) is 4. The molecule has 1 aliphatic heterocycles. The van der Waals surface area contributed by atoms with Crippen LogP contribution in [-0.4, -0.2) is 55.4 Å². The molecule has 132 valence electrons. The molecule has 8 heteroatoms. The number of halogens is 1. The minimum absolute atomic E-state index is 0.233. The van der Waals surface area contributed by atoms with Crippen molar-refractivity contribution in [2.45, 2.75) is 12.8 Å². The highest BCUT2D eigenvalue weighted by atomic mass is 19.1. The maximum Gasteiger partial charge on any atom is 0.321 e. The third kappa shape index (κ3) is 4.82. The van der Waals surface area contributed by atoms with Crippen molar-refractivity contribution in [3.05, 3.63) is 24.0 Å². The molecule has 2 N–H and O–H groups in total. The average molecular weight is 340 g/mol. The number of carboxylic acids is 1. The van der Waals surface area contributed by atoms with E-state index in [9.17, 15) is 14.0 Å². The van der Waals surface area contributed by atoms with E-state index in [0.717, 1.165) is 0 Å². The summed E-state index contributed by atoms with van der Waals surface area (Å²) >= 11 is 0. The molecule has 7 nitrogen and oxygen atoms in total. The van der Waals surface area contributed by atoms with Gasteiger partial charge in [-0.15, -0.1) is 0 Å². The molecule has 2 amide bonds. The molecule has 1 heterocycles. The second-order valence-electron chi connectivity index (χ2n) is 5.51. The highest BCUT2D eigenvalue weighted by Crippen LogP contribution is 2.26. The number of methoxy groups -OCH3 is 1. The number of likely N-dealkylation sites (tertiary alicyclic amines) is 1. The summed E-state index contributed by atoms with van der Waals surface area (Å²) in [6, 6.07) is 3.47. The molecule has 0 aromatic heterocycles. The summed E-state index contributed by atoms with van der Waals surface area (Å²) in [6.07, 6.45) is 0.812. The standard InChI is InChI=1S/C16H21FN2O5/c1-23-8-9-24-14-3-2-12(17)10-13(14)18-16(22)19-6-4-11(5-7-19)15(20)21/h2-3,10-11H,4-9H2,1H3,(H,18,22)(H,20,21). The van der Waals surface area contributed by atoms with Crippen molar-refractivity contribution in [3.8, 4) is 5.75 Å². The number of carbonyl (C=O) groups excluding carboxylic acids is 1. The molecule has 1 fully saturated rings. The number of rotatable bonds is 6. The predicted molar refractivity (Wildman–Crippen MR) is 84.7 cm³/mol. The number of nitrogens with zero attached hydrogens (tertiary/aromatic N) is 1. The van der Waals surface area contributed by atoms with E-state index in [4.69, 9.17) is 14.6 Å². The van der Waals surface area contributed by atoms with Gasteiger partial charge in [-0.1, -0.05) is 0 Å². The topological polar surface area (TPSA) is 88.1 Å². The van der Waals surface area contributed by atoms with Crippen LogP contribution < -0.4 is 10.1 Å². The number of aliphatic carboxylic acids is 1. The number of ether oxygens (including phenoxy) is 2. The van der Waals surface area contributed by atoms with E-state index in [0.29, 0.717) is 38.3 Å². The first-order chi connectivity index (χ1) is 11.5. The van der Waals surface area contributed by atoms with Crippen LogP contribution in [0.5, 0.6) is 5.75 Å². The van der Waals surface area contributed by atoms with E-state index in [2.05, 4.69) is 5.32 Å². The summed E-state index contributed by atoms with van der Waals surface area (Å²) < 4.78 is 23.8. The quantitative estimate of drug-likeness (QED) is 0.775. The molecule has 24 heavy (non-hydrogen) atoms. The molecule has 2 rings (SSSR count). The molecule has 1 saturated heterocycles. The normalized spacial score (nSPS) is 15.2. The van der Waals surface area contributed by atoms with E-state index in [1.165, 1.54) is 30.2 Å². The lowest BCUT2D eigenvalue weighted by molar-refractivity contribution is -0.143. The molecular formula is C16H21FN2O5. The van der Waals surface area contributed by atoms with Crippen LogP contribution in [0.15, 0.2) is 18.2 Å². The van der Waals surface area contributed by atoms with Gasteiger partial charge in [0.1, 0.15) is 18.2 Å². The van der Waals surface area contributed by atoms with Crippen LogP contribution in [0.1, 0.15) is 12.8 Å². The Labute approximate surface area is 139 Å². The molecule has 1 aliphatic rings. The number of hydrogen-bond donors (Lipinski definition) is 2. The predicted octanol–water partition coefficient (Wildman–Crippen LogP) is 2.18. The fraction of sp³-hybridized carbons (Fsp3) is 0.500. The zero-order valence-corrected chi connectivity index (χ0v) is 13.5. The Hall–Kier alpha value is -2.35. The Bertz CT molecular complexity index is 588.